The summed E-state index contributed by atoms with van der Waals surface area (Å²) in [7, 11) is 0. The SMILES string of the molecule is CC1(C)c2ccccc2-c2c1ccc1oc3c(-c4nc(-c5ccccc5)nc(-c5ccc6oc7ccccc7c6c5)n4)cccc3c21.CC1(C)c2ccccc2-c2ccc(-c3nc(-c4ccccc4)nc(-c4cccc5c4oc4ccc6c(c45)-c4ccccc4C6(C)C)n3)cc21.CC1(C)c2ccccc2-c2ccc(-c3nc(-c4ccccn4)nc(-c4cccc5c4oc4ccc6c(c45)-c4ccccc4C6(C)C)n3)cc21. The van der Waals surface area contributed by atoms with Gasteiger partial charge in [-0.25, -0.2) is 44.9 Å². The first-order valence-electron chi connectivity index (χ1n) is 49.6. The van der Waals surface area contributed by atoms with Gasteiger partial charge in [-0.1, -0.05) is 354 Å². The fraction of sp³-hybridized carbons (Fsp3) is 0.115. The molecule has 0 amide bonds. The lowest BCUT2D eigenvalue weighted by molar-refractivity contribution is 0.656. The molecule has 0 N–H and O–H groups in total. The molecule has 0 radical (unpaired) electrons. The molecule has 25 aromatic rings. The van der Waals surface area contributed by atoms with Gasteiger partial charge in [-0.05, 0) is 196 Å². The van der Waals surface area contributed by atoms with Crippen LogP contribution in [0.3, 0.4) is 0 Å². The zero-order valence-electron chi connectivity index (χ0n) is 81.4. The van der Waals surface area contributed by atoms with Crippen LogP contribution in [0, 0.1) is 0 Å². The Kier molecular flexibility index (Phi) is 18.5. The maximum atomic E-state index is 6.76. The molecule has 8 aromatic heterocycles. The van der Waals surface area contributed by atoms with Crippen molar-refractivity contribution in [2.24, 2.45) is 0 Å². The average Bonchev–Trinajstić information content (AvgIpc) is 1.56. The molecule has 690 valence electrons. The summed E-state index contributed by atoms with van der Waals surface area (Å²) in [5, 5.41) is 8.66. The van der Waals surface area contributed by atoms with Gasteiger partial charge in [0.05, 0.1) is 16.7 Å². The lowest BCUT2D eigenvalue weighted by atomic mass is 9.82. The third-order valence-electron chi connectivity index (χ3n) is 31.5. The minimum absolute atomic E-state index is 0.0964. The number of furan rings is 4. The molecule has 0 unspecified atom stereocenters. The molecule has 0 bridgehead atoms. The Balaban J connectivity index is 0.000000106. The lowest BCUT2D eigenvalue weighted by Gasteiger charge is -2.21. The van der Waals surface area contributed by atoms with Crippen LogP contribution < -0.4 is 0 Å². The van der Waals surface area contributed by atoms with Crippen molar-refractivity contribution < 1.29 is 17.7 Å². The Labute approximate surface area is 836 Å². The molecule has 145 heavy (non-hydrogen) atoms. The second kappa shape index (κ2) is 31.6. The highest BCUT2D eigenvalue weighted by Crippen LogP contribution is 2.59. The van der Waals surface area contributed by atoms with Crippen LogP contribution in [0.4, 0.5) is 0 Å². The zero-order chi connectivity index (χ0) is 97.4. The second-order valence-corrected chi connectivity index (χ2v) is 41.5. The highest BCUT2D eigenvalue weighted by molar-refractivity contribution is 6.21. The van der Waals surface area contributed by atoms with Crippen LogP contribution in [0.5, 0.6) is 0 Å². The van der Waals surface area contributed by atoms with Crippen LogP contribution in [-0.2, 0) is 27.1 Å². The summed E-state index contributed by atoms with van der Waals surface area (Å²) in [5.41, 5.74) is 39.7. The molecule has 30 rings (SSSR count). The van der Waals surface area contributed by atoms with Crippen molar-refractivity contribution >= 4 is 87.8 Å². The molecule has 0 atom stereocenters. The smallest absolute Gasteiger partial charge is 0.182 e. The number of pyridine rings is 1. The van der Waals surface area contributed by atoms with Crippen LogP contribution in [-0.4, -0.2) is 49.8 Å². The number of nitrogens with zero attached hydrogens (tertiary/aromatic N) is 10. The summed E-state index contributed by atoms with van der Waals surface area (Å²) in [6, 6.07) is 129. The van der Waals surface area contributed by atoms with Gasteiger partial charge in [-0.15, -0.1) is 0 Å². The predicted octanol–water partition coefficient (Wildman–Crippen LogP) is 33.1. The predicted molar refractivity (Wildman–Crippen MR) is 583 cm³/mol. The van der Waals surface area contributed by atoms with Crippen LogP contribution in [0.25, 0.3) is 246 Å². The van der Waals surface area contributed by atoms with E-state index in [0.717, 1.165) is 132 Å². The Hall–Kier alpha value is -17.9. The quantitative estimate of drug-likeness (QED) is 0.133. The Morgan fingerprint density at radius 3 is 0.869 bits per heavy atom. The normalized spacial score (nSPS) is 14.4. The molecule has 0 saturated carbocycles. The van der Waals surface area contributed by atoms with Crippen molar-refractivity contribution in [2.45, 2.75) is 96.3 Å². The van der Waals surface area contributed by atoms with Gasteiger partial charge in [-0.3, -0.25) is 4.98 Å². The fourth-order valence-corrected chi connectivity index (χ4v) is 24.2. The summed E-state index contributed by atoms with van der Waals surface area (Å²) in [4.78, 5) is 50.4. The number of hydrogen-bond acceptors (Lipinski definition) is 14. The van der Waals surface area contributed by atoms with Crippen molar-refractivity contribution in [2.75, 3.05) is 0 Å². The fourth-order valence-electron chi connectivity index (χ4n) is 24.2. The molecule has 0 spiro atoms. The van der Waals surface area contributed by atoms with E-state index >= 15 is 0 Å². The molecule has 8 heterocycles. The first-order chi connectivity index (χ1) is 70.6. The summed E-state index contributed by atoms with van der Waals surface area (Å²) >= 11 is 0. The monoisotopic (exact) mass is 1870 g/mol. The summed E-state index contributed by atoms with van der Waals surface area (Å²) < 4.78 is 26.3. The van der Waals surface area contributed by atoms with E-state index in [1.54, 1.807) is 6.20 Å². The van der Waals surface area contributed by atoms with E-state index in [2.05, 4.69) is 335 Å². The maximum absolute atomic E-state index is 6.76. The number of para-hydroxylation sites is 4. The molecule has 14 nitrogen and oxygen atoms in total. The third-order valence-corrected chi connectivity index (χ3v) is 31.5. The van der Waals surface area contributed by atoms with E-state index in [1.165, 1.54) is 111 Å². The van der Waals surface area contributed by atoms with E-state index in [-0.39, 0.29) is 27.1 Å². The Morgan fingerprint density at radius 2 is 0.462 bits per heavy atom. The molecule has 5 aliphatic carbocycles. The van der Waals surface area contributed by atoms with Crippen LogP contribution >= 0.6 is 0 Å². The van der Waals surface area contributed by atoms with Gasteiger partial charge < -0.3 is 17.7 Å². The number of rotatable bonds is 9. The largest absolute Gasteiger partial charge is 0.456 e. The molecule has 17 aromatic carbocycles. The first-order valence-corrected chi connectivity index (χ1v) is 49.6. The molecule has 0 fully saturated rings. The van der Waals surface area contributed by atoms with Crippen LogP contribution in [0.15, 0.2) is 394 Å². The van der Waals surface area contributed by atoms with E-state index in [1.807, 2.05) is 109 Å². The molecular weight excluding hydrogens is 1780 g/mol. The Morgan fingerprint density at radius 1 is 0.172 bits per heavy atom. The topological polar surface area (TPSA) is 181 Å². The maximum Gasteiger partial charge on any atom is 0.182 e. The highest BCUT2D eigenvalue weighted by Gasteiger charge is 2.43. The van der Waals surface area contributed by atoms with Crippen molar-refractivity contribution in [3.8, 4) is 158 Å². The van der Waals surface area contributed by atoms with Gasteiger partial charge >= 0.3 is 0 Å². The van der Waals surface area contributed by atoms with Gasteiger partial charge in [0, 0.05) is 104 Å². The van der Waals surface area contributed by atoms with Gasteiger partial charge in [0.2, 0.25) is 0 Å². The van der Waals surface area contributed by atoms with Crippen molar-refractivity contribution in [3.63, 3.8) is 0 Å². The highest BCUT2D eigenvalue weighted by atomic mass is 16.3. The van der Waals surface area contributed by atoms with Crippen LogP contribution in [0.1, 0.15) is 125 Å². The Bertz CT molecular complexity index is 9450. The first kappa shape index (κ1) is 85.1. The van der Waals surface area contributed by atoms with E-state index in [9.17, 15) is 0 Å². The molecule has 0 aliphatic heterocycles. The van der Waals surface area contributed by atoms with Crippen molar-refractivity contribution in [1.82, 2.24) is 49.8 Å². The third kappa shape index (κ3) is 12.9. The molecule has 5 aliphatic rings. The zero-order valence-corrected chi connectivity index (χ0v) is 81.4. The minimum atomic E-state index is -0.144. The summed E-state index contributed by atoms with van der Waals surface area (Å²) in [5.74, 6) is 5.30. The van der Waals surface area contributed by atoms with Gasteiger partial charge in [0.1, 0.15) is 50.4 Å². The summed E-state index contributed by atoms with van der Waals surface area (Å²) in [6.45, 7) is 23.0. The number of benzene rings is 17. The number of fused-ring (bicyclic) bond motifs is 30. The van der Waals surface area contributed by atoms with Crippen LogP contribution in [0.2, 0.25) is 0 Å². The number of aromatic nitrogens is 10. The second-order valence-electron chi connectivity index (χ2n) is 41.5. The molecular formula is C131H92N10O4. The van der Waals surface area contributed by atoms with Crippen molar-refractivity contribution in [1.29, 1.82) is 0 Å². The van der Waals surface area contributed by atoms with Gasteiger partial charge in [0.15, 0.2) is 52.4 Å². The average molecular weight is 1870 g/mol. The standard InChI is InChI=1S/C45H33N3O.C44H32N4O.C42H27N3O2/c1-44(2)34-20-11-9-16-30(34)38-35(44)23-24-37-39(38)31-17-12-18-32(40(31)49-37)43-47-41(26-13-6-5-7-14-26)46-42(48-43)27-21-22-29-28-15-8-10-19-33(28)45(3,4)36(29)25-27;1-43(2)32-17-8-6-13-28(32)37-33(43)21-22-36-38(37)29-14-11-15-30(39(29)49-36)41-46-40(47-42(48-41)35-18-9-10-23-45-35)25-19-20-27-26-12-5-7-16-31(26)44(3,4)34(27)24-25;1-42(2)31-17-8-6-14-27(31)36-32(42)20-22-35-37(36)28-15-10-16-29(38(28)47-35)41-44-39(24-11-4-3-5-12-24)43-40(45-41)25-19-21-34-30(23-25)26-13-7-9-18-33(26)46-34/h5-25H,1-4H3;5-24H,1-4H3;3-23H,1-2H3. The van der Waals surface area contributed by atoms with Gasteiger partial charge in [-0.2, -0.15) is 0 Å². The summed E-state index contributed by atoms with van der Waals surface area (Å²) in [6.07, 6.45) is 1.77. The number of hydrogen-bond donors (Lipinski definition) is 0. The van der Waals surface area contributed by atoms with E-state index in [0.29, 0.717) is 58.1 Å². The molecule has 14 heteroatoms. The minimum Gasteiger partial charge on any atom is -0.456 e. The molecule has 0 saturated heterocycles. The van der Waals surface area contributed by atoms with Gasteiger partial charge in [0.25, 0.3) is 0 Å². The van der Waals surface area contributed by atoms with E-state index < -0.39 is 0 Å². The van der Waals surface area contributed by atoms with Crippen molar-refractivity contribution in [3.05, 3.63) is 432 Å². The van der Waals surface area contributed by atoms with E-state index in [4.69, 9.17) is 62.5 Å². The lowest BCUT2D eigenvalue weighted by Crippen LogP contribution is -2.15.